The van der Waals surface area contributed by atoms with Crippen LogP contribution in [0.1, 0.15) is 51.4 Å². The first-order chi connectivity index (χ1) is 10.8. The normalized spacial score (nSPS) is 34.1. The van der Waals surface area contributed by atoms with Crippen molar-refractivity contribution in [2.45, 2.75) is 69.1 Å². The smallest absolute Gasteiger partial charge is 0.0959 e. The highest BCUT2D eigenvalue weighted by Crippen LogP contribution is 2.38. The lowest BCUT2D eigenvalue weighted by molar-refractivity contribution is -0.210. The standard InChI is InChI=1S/C18H31NO3/c1-2-4-15(3-1)12-21-17-7-10-22-18(11-17)13-19(14-18)16-5-8-20-9-6-16/h15-17H,1-14H2/t17-/m1/s1. The number of ether oxygens (including phenoxy) is 3. The number of hydrogen-bond donors (Lipinski definition) is 0. The molecule has 126 valence electrons. The molecule has 1 atom stereocenters. The van der Waals surface area contributed by atoms with E-state index in [1.807, 2.05) is 0 Å². The zero-order chi connectivity index (χ0) is 14.8. The van der Waals surface area contributed by atoms with Crippen LogP contribution in [-0.4, -0.2) is 62.2 Å². The van der Waals surface area contributed by atoms with E-state index in [2.05, 4.69) is 4.90 Å². The van der Waals surface area contributed by atoms with Crippen molar-refractivity contribution >= 4 is 0 Å². The average molecular weight is 309 g/mol. The van der Waals surface area contributed by atoms with Gasteiger partial charge in [-0.2, -0.15) is 0 Å². The van der Waals surface area contributed by atoms with Gasteiger partial charge < -0.3 is 14.2 Å². The molecule has 3 heterocycles. The van der Waals surface area contributed by atoms with E-state index in [0.29, 0.717) is 6.10 Å². The first kappa shape index (κ1) is 15.4. The van der Waals surface area contributed by atoms with E-state index in [4.69, 9.17) is 14.2 Å². The third-order valence-corrected chi connectivity index (χ3v) is 6.18. The van der Waals surface area contributed by atoms with Gasteiger partial charge in [0.1, 0.15) is 0 Å². The van der Waals surface area contributed by atoms with Gasteiger partial charge in [0.05, 0.1) is 11.7 Å². The molecule has 0 bridgehead atoms. The van der Waals surface area contributed by atoms with Crippen LogP contribution < -0.4 is 0 Å². The SMILES string of the molecule is C1CCC(CO[C@@H]2CCOC3(C2)CN(C2CCOCC2)C3)C1. The van der Waals surface area contributed by atoms with E-state index < -0.39 is 0 Å². The van der Waals surface area contributed by atoms with Crippen molar-refractivity contribution in [3.8, 4) is 0 Å². The second-order valence-corrected chi connectivity index (χ2v) is 7.88. The molecule has 1 aliphatic carbocycles. The Morgan fingerprint density at radius 3 is 2.50 bits per heavy atom. The lowest BCUT2D eigenvalue weighted by atomic mass is 9.82. The van der Waals surface area contributed by atoms with E-state index >= 15 is 0 Å². The molecule has 0 aromatic rings. The molecule has 0 aromatic heterocycles. The molecular weight excluding hydrogens is 278 g/mol. The molecule has 0 amide bonds. The minimum atomic E-state index is 0.108. The summed E-state index contributed by atoms with van der Waals surface area (Å²) in [6.07, 6.45) is 10.6. The van der Waals surface area contributed by atoms with Gasteiger partial charge in [0.15, 0.2) is 0 Å². The summed E-state index contributed by atoms with van der Waals surface area (Å²) in [5.74, 6) is 0.832. The fraction of sp³-hybridized carbons (Fsp3) is 1.00. The van der Waals surface area contributed by atoms with Crippen LogP contribution in [0.25, 0.3) is 0 Å². The van der Waals surface area contributed by atoms with Gasteiger partial charge in [0.2, 0.25) is 0 Å². The van der Waals surface area contributed by atoms with Crippen molar-refractivity contribution in [2.75, 3.05) is 39.5 Å². The summed E-state index contributed by atoms with van der Waals surface area (Å²) in [6.45, 7) is 5.97. The minimum Gasteiger partial charge on any atom is -0.381 e. The van der Waals surface area contributed by atoms with Gasteiger partial charge in [-0.25, -0.2) is 0 Å². The molecule has 0 unspecified atom stereocenters. The van der Waals surface area contributed by atoms with E-state index in [0.717, 1.165) is 64.3 Å². The van der Waals surface area contributed by atoms with Crippen LogP contribution in [0.15, 0.2) is 0 Å². The summed E-state index contributed by atoms with van der Waals surface area (Å²) in [5.41, 5.74) is 0.108. The predicted octanol–water partition coefficient (Wildman–Crippen LogP) is 2.61. The van der Waals surface area contributed by atoms with E-state index in [9.17, 15) is 0 Å². The zero-order valence-corrected chi connectivity index (χ0v) is 13.8. The van der Waals surface area contributed by atoms with E-state index in [-0.39, 0.29) is 5.60 Å². The summed E-state index contributed by atoms with van der Waals surface area (Å²) < 4.78 is 17.9. The quantitative estimate of drug-likeness (QED) is 0.799. The highest BCUT2D eigenvalue weighted by Gasteiger charge is 2.49. The van der Waals surface area contributed by atoms with Gasteiger partial charge in [-0.3, -0.25) is 4.90 Å². The predicted molar refractivity (Wildman–Crippen MR) is 85.0 cm³/mol. The molecule has 0 N–H and O–H groups in total. The Morgan fingerprint density at radius 1 is 0.955 bits per heavy atom. The van der Waals surface area contributed by atoms with Crippen molar-refractivity contribution in [1.82, 2.24) is 4.90 Å². The Kier molecular flexibility index (Phi) is 4.72. The van der Waals surface area contributed by atoms with Gasteiger partial charge in [-0.05, 0) is 38.0 Å². The van der Waals surface area contributed by atoms with Crippen molar-refractivity contribution in [3.05, 3.63) is 0 Å². The molecule has 1 saturated carbocycles. The monoisotopic (exact) mass is 309 g/mol. The van der Waals surface area contributed by atoms with Gasteiger partial charge >= 0.3 is 0 Å². The number of nitrogens with zero attached hydrogens (tertiary/aromatic N) is 1. The minimum absolute atomic E-state index is 0.108. The van der Waals surface area contributed by atoms with E-state index in [1.165, 1.54) is 38.5 Å². The van der Waals surface area contributed by atoms with Gasteiger partial charge in [0.25, 0.3) is 0 Å². The van der Waals surface area contributed by atoms with Crippen molar-refractivity contribution in [2.24, 2.45) is 5.92 Å². The maximum Gasteiger partial charge on any atom is 0.0959 e. The van der Waals surface area contributed by atoms with Crippen LogP contribution in [0.4, 0.5) is 0 Å². The molecule has 4 rings (SSSR count). The molecule has 4 fully saturated rings. The Hall–Kier alpha value is -0.160. The number of likely N-dealkylation sites (tertiary alicyclic amines) is 1. The van der Waals surface area contributed by atoms with Crippen LogP contribution in [0, 0.1) is 5.92 Å². The van der Waals surface area contributed by atoms with Gasteiger partial charge in [-0.15, -0.1) is 0 Å². The van der Waals surface area contributed by atoms with Crippen LogP contribution in [0.3, 0.4) is 0 Å². The fourth-order valence-electron chi connectivity index (χ4n) is 4.80. The van der Waals surface area contributed by atoms with Crippen molar-refractivity contribution in [3.63, 3.8) is 0 Å². The molecule has 1 spiro atoms. The highest BCUT2D eigenvalue weighted by molar-refractivity contribution is 5.03. The summed E-state index contributed by atoms with van der Waals surface area (Å²) in [6, 6.07) is 0.725. The third kappa shape index (κ3) is 3.35. The lowest BCUT2D eigenvalue weighted by Crippen LogP contribution is -2.68. The maximum absolute atomic E-state index is 6.26. The Balaban J connectivity index is 1.23. The molecule has 0 radical (unpaired) electrons. The first-order valence-electron chi connectivity index (χ1n) is 9.40. The van der Waals surface area contributed by atoms with Crippen LogP contribution in [0.2, 0.25) is 0 Å². The number of hydrogen-bond acceptors (Lipinski definition) is 4. The van der Waals surface area contributed by atoms with Crippen molar-refractivity contribution in [1.29, 1.82) is 0 Å². The second kappa shape index (κ2) is 6.76. The van der Waals surface area contributed by atoms with E-state index in [1.54, 1.807) is 0 Å². The maximum atomic E-state index is 6.26. The lowest BCUT2D eigenvalue weighted by Gasteiger charge is -2.56. The topological polar surface area (TPSA) is 30.9 Å². The summed E-state index contributed by atoms with van der Waals surface area (Å²) >= 11 is 0. The molecule has 4 heteroatoms. The first-order valence-corrected chi connectivity index (χ1v) is 9.40. The second-order valence-electron chi connectivity index (χ2n) is 7.88. The Labute approximate surface area is 134 Å². The molecule has 4 aliphatic rings. The largest absolute Gasteiger partial charge is 0.381 e. The summed E-state index contributed by atoms with van der Waals surface area (Å²) in [7, 11) is 0. The average Bonchev–Trinajstić information content (AvgIpc) is 3.05. The molecule has 22 heavy (non-hydrogen) atoms. The highest BCUT2D eigenvalue weighted by atomic mass is 16.5. The van der Waals surface area contributed by atoms with Crippen molar-refractivity contribution < 1.29 is 14.2 Å². The Bertz CT molecular complexity index is 357. The molecule has 0 aromatic carbocycles. The van der Waals surface area contributed by atoms with Crippen LogP contribution >= 0.6 is 0 Å². The third-order valence-electron chi connectivity index (χ3n) is 6.18. The van der Waals surface area contributed by atoms with Gasteiger partial charge in [0, 0.05) is 52.0 Å². The summed E-state index contributed by atoms with van der Waals surface area (Å²) in [5, 5.41) is 0. The Morgan fingerprint density at radius 2 is 1.73 bits per heavy atom. The van der Waals surface area contributed by atoms with Crippen LogP contribution in [0.5, 0.6) is 0 Å². The molecule has 3 saturated heterocycles. The fourth-order valence-corrected chi connectivity index (χ4v) is 4.80. The summed E-state index contributed by atoms with van der Waals surface area (Å²) in [4.78, 5) is 2.61. The molecule has 4 nitrogen and oxygen atoms in total. The molecular formula is C18H31NO3. The number of rotatable bonds is 4. The van der Waals surface area contributed by atoms with Gasteiger partial charge in [-0.1, -0.05) is 12.8 Å². The zero-order valence-electron chi connectivity index (χ0n) is 13.8. The van der Waals surface area contributed by atoms with Crippen LogP contribution in [-0.2, 0) is 14.2 Å². The molecule has 3 aliphatic heterocycles.